The van der Waals surface area contributed by atoms with Gasteiger partial charge in [-0.15, -0.1) is 0 Å². The summed E-state index contributed by atoms with van der Waals surface area (Å²) in [5.74, 6) is 2.92. The lowest BCUT2D eigenvalue weighted by Gasteiger charge is -2.42. The van der Waals surface area contributed by atoms with Gasteiger partial charge in [0.1, 0.15) is 11.5 Å². The Kier molecular flexibility index (Phi) is 5.51. The van der Waals surface area contributed by atoms with Crippen molar-refractivity contribution in [1.82, 2.24) is 10.6 Å². The van der Waals surface area contributed by atoms with Gasteiger partial charge < -0.3 is 16.0 Å². The van der Waals surface area contributed by atoms with Gasteiger partial charge in [-0.3, -0.25) is 4.79 Å². The van der Waals surface area contributed by atoms with E-state index in [-0.39, 0.29) is 11.4 Å². The summed E-state index contributed by atoms with van der Waals surface area (Å²) in [7, 11) is 1.64. The maximum atomic E-state index is 12.3. The van der Waals surface area contributed by atoms with Crippen molar-refractivity contribution in [2.45, 2.75) is 24.9 Å². The monoisotopic (exact) mass is 414 g/mol. The van der Waals surface area contributed by atoms with Crippen molar-refractivity contribution in [3.05, 3.63) is 58.6 Å². The van der Waals surface area contributed by atoms with Crippen molar-refractivity contribution in [3.8, 4) is 0 Å². The molecule has 1 saturated heterocycles. The van der Waals surface area contributed by atoms with E-state index in [4.69, 9.17) is 16.6 Å². The minimum Gasteiger partial charge on any atom is -0.371 e. The molecule has 7 heteroatoms. The number of rotatable bonds is 3. The molecule has 0 unspecified atom stereocenters. The van der Waals surface area contributed by atoms with E-state index < -0.39 is 0 Å². The molecule has 1 fully saturated rings. The summed E-state index contributed by atoms with van der Waals surface area (Å²) in [6, 6.07) is 13.5. The number of nitrogens with zero attached hydrogens (tertiary/aromatic N) is 1. The predicted molar refractivity (Wildman–Crippen MR) is 118 cm³/mol. The molecule has 2 heterocycles. The first-order valence-corrected chi connectivity index (χ1v) is 10.9. The number of anilines is 1. The highest BCUT2D eigenvalue weighted by atomic mass is 35.5. The number of hydrogen-bond acceptors (Lipinski definition) is 5. The van der Waals surface area contributed by atoms with Gasteiger partial charge in [-0.2, -0.15) is 11.8 Å². The molecule has 2 aromatic rings. The Labute approximate surface area is 174 Å². The van der Waals surface area contributed by atoms with Crippen LogP contribution in [0.3, 0.4) is 0 Å². The van der Waals surface area contributed by atoms with Gasteiger partial charge >= 0.3 is 0 Å². The summed E-state index contributed by atoms with van der Waals surface area (Å²) in [5, 5.41) is 10.7. The number of thioether (sulfide) groups is 1. The van der Waals surface area contributed by atoms with E-state index in [9.17, 15) is 4.79 Å². The molecular weight excluding hydrogens is 392 g/mol. The lowest BCUT2D eigenvalue weighted by atomic mass is 9.87. The van der Waals surface area contributed by atoms with Crippen LogP contribution >= 0.6 is 23.4 Å². The fourth-order valence-electron chi connectivity index (χ4n) is 3.74. The van der Waals surface area contributed by atoms with Crippen LogP contribution in [0.15, 0.2) is 47.5 Å². The molecule has 0 atom stereocenters. The smallest absolute Gasteiger partial charge is 0.253 e. The maximum Gasteiger partial charge on any atom is 0.253 e. The van der Waals surface area contributed by atoms with Gasteiger partial charge in [0, 0.05) is 18.6 Å². The van der Waals surface area contributed by atoms with Crippen molar-refractivity contribution >= 4 is 46.5 Å². The van der Waals surface area contributed by atoms with E-state index >= 15 is 0 Å². The molecule has 0 bridgehead atoms. The molecular formula is C21H23ClN4OS. The highest BCUT2D eigenvalue weighted by Crippen LogP contribution is 2.41. The van der Waals surface area contributed by atoms with Gasteiger partial charge in [0.15, 0.2) is 0 Å². The molecule has 0 saturated carbocycles. The van der Waals surface area contributed by atoms with E-state index in [0.717, 1.165) is 46.5 Å². The molecule has 0 aromatic heterocycles. The number of hydrogen-bond donors (Lipinski definition) is 3. The normalized spacial score (nSPS) is 17.3. The van der Waals surface area contributed by atoms with E-state index in [1.165, 1.54) is 0 Å². The van der Waals surface area contributed by atoms with Crippen molar-refractivity contribution in [1.29, 1.82) is 0 Å². The van der Waals surface area contributed by atoms with E-state index in [0.29, 0.717) is 17.8 Å². The summed E-state index contributed by atoms with van der Waals surface area (Å²) >= 11 is 8.10. The second kappa shape index (κ2) is 8.05. The number of halogens is 1. The molecule has 0 aliphatic carbocycles. The van der Waals surface area contributed by atoms with Gasteiger partial charge in [0.2, 0.25) is 0 Å². The minimum atomic E-state index is -0.224. The first-order chi connectivity index (χ1) is 13.6. The zero-order valence-corrected chi connectivity index (χ0v) is 17.3. The second-order valence-corrected chi connectivity index (χ2v) is 8.71. The largest absolute Gasteiger partial charge is 0.371 e. The van der Waals surface area contributed by atoms with Crippen LogP contribution in [0, 0.1) is 0 Å². The van der Waals surface area contributed by atoms with Crippen LogP contribution in [0.5, 0.6) is 0 Å². The second-order valence-electron chi connectivity index (χ2n) is 7.04. The number of nitrogens with one attached hydrogen (secondary N) is 3. The third-order valence-electron chi connectivity index (χ3n) is 5.25. The van der Waals surface area contributed by atoms with Gasteiger partial charge in [-0.1, -0.05) is 29.8 Å². The summed E-state index contributed by atoms with van der Waals surface area (Å²) in [6.07, 6.45) is 1.98. The Hall–Kier alpha value is -2.18. The molecule has 2 aliphatic heterocycles. The van der Waals surface area contributed by atoms with Crippen LogP contribution in [0.1, 0.15) is 28.8 Å². The van der Waals surface area contributed by atoms with Gasteiger partial charge in [-0.25, -0.2) is 4.99 Å². The zero-order chi connectivity index (χ0) is 19.6. The van der Waals surface area contributed by atoms with Crippen LogP contribution in [0.2, 0.25) is 5.02 Å². The summed E-state index contributed by atoms with van der Waals surface area (Å²) < 4.78 is 0. The Balaban J connectivity index is 1.71. The molecule has 2 aromatic carbocycles. The number of carbonyl (C=O) groups excluding carboxylic acids is 1. The van der Waals surface area contributed by atoms with E-state index in [1.807, 2.05) is 54.2 Å². The highest BCUT2D eigenvalue weighted by Gasteiger charge is 2.41. The van der Waals surface area contributed by atoms with Crippen LogP contribution < -0.4 is 16.0 Å². The van der Waals surface area contributed by atoms with Crippen molar-refractivity contribution in [2.24, 2.45) is 4.99 Å². The van der Waals surface area contributed by atoms with Crippen molar-refractivity contribution in [3.63, 3.8) is 0 Å². The first-order valence-electron chi connectivity index (χ1n) is 9.40. The van der Waals surface area contributed by atoms with Crippen LogP contribution in [0.25, 0.3) is 0 Å². The molecule has 2 aliphatic rings. The molecule has 4 rings (SSSR count). The molecule has 146 valence electrons. The molecule has 1 amide bonds. The van der Waals surface area contributed by atoms with E-state index in [2.05, 4.69) is 16.0 Å². The lowest BCUT2D eigenvalue weighted by molar-refractivity contribution is 0.0964. The Bertz CT molecular complexity index is 924. The summed E-state index contributed by atoms with van der Waals surface area (Å²) in [5.41, 5.74) is 3.06. The molecule has 1 spiro atoms. The highest BCUT2D eigenvalue weighted by molar-refractivity contribution is 7.99. The average molecular weight is 415 g/mol. The molecule has 28 heavy (non-hydrogen) atoms. The average Bonchev–Trinajstić information content (AvgIpc) is 2.72. The number of benzene rings is 2. The Morgan fingerprint density at radius 1 is 1.25 bits per heavy atom. The molecule has 5 nitrogen and oxygen atoms in total. The predicted octanol–water partition coefficient (Wildman–Crippen LogP) is 4.21. The fourth-order valence-corrected chi connectivity index (χ4v) is 5.14. The number of aliphatic imine (C=N–C) groups is 1. The maximum absolute atomic E-state index is 12.3. The van der Waals surface area contributed by atoms with Crippen molar-refractivity contribution in [2.75, 3.05) is 23.9 Å². The van der Waals surface area contributed by atoms with E-state index in [1.54, 1.807) is 7.05 Å². The lowest BCUT2D eigenvalue weighted by Crippen LogP contribution is -2.55. The number of fused-ring (bicyclic) bond motifs is 1. The summed E-state index contributed by atoms with van der Waals surface area (Å²) in [4.78, 5) is 17.3. The van der Waals surface area contributed by atoms with Crippen LogP contribution in [-0.2, 0) is 6.54 Å². The third kappa shape index (κ3) is 3.71. The quantitative estimate of drug-likeness (QED) is 0.703. The fraction of sp³-hybridized carbons (Fsp3) is 0.333. The van der Waals surface area contributed by atoms with Gasteiger partial charge in [-0.05, 0) is 54.2 Å². The Morgan fingerprint density at radius 3 is 2.79 bits per heavy atom. The molecule has 0 radical (unpaired) electrons. The first kappa shape index (κ1) is 19.2. The third-order valence-corrected chi connectivity index (χ3v) is 6.47. The topological polar surface area (TPSA) is 65.5 Å². The standard InChI is InChI=1S/C21H23ClN4OS/c1-23-19(27)16-6-3-7-17-18(16)25-20(21(26-17)8-10-28-11-9-21)24-13-14-4-2-5-15(22)12-14/h2-7,12,26H,8-11,13H2,1H3,(H,23,27)(H,24,25). The van der Waals surface area contributed by atoms with Gasteiger partial charge in [0.25, 0.3) is 5.91 Å². The molecule has 3 N–H and O–H groups in total. The van der Waals surface area contributed by atoms with Gasteiger partial charge in [0.05, 0.1) is 16.8 Å². The SMILES string of the molecule is CNC(=O)c1cccc2c1N=C(NCc1cccc(Cl)c1)C1(CCSCC1)N2. The van der Waals surface area contributed by atoms with Crippen molar-refractivity contribution < 1.29 is 4.79 Å². The Morgan fingerprint density at radius 2 is 2.04 bits per heavy atom. The van der Waals surface area contributed by atoms with Crippen LogP contribution in [0.4, 0.5) is 11.4 Å². The minimum absolute atomic E-state index is 0.133. The number of amides is 1. The summed E-state index contributed by atoms with van der Waals surface area (Å²) in [6.45, 7) is 0.632. The number of carbonyl (C=O) groups is 1. The zero-order valence-electron chi connectivity index (χ0n) is 15.7. The number of para-hydroxylation sites is 1. The van der Waals surface area contributed by atoms with Crippen LogP contribution in [-0.4, -0.2) is 35.8 Å². The number of amidine groups is 1.